The minimum atomic E-state index is -0.0820. The molecule has 6 heteroatoms. The van der Waals surface area contributed by atoms with Gasteiger partial charge in [0.2, 0.25) is 0 Å². The molecule has 0 bridgehead atoms. The van der Waals surface area contributed by atoms with Crippen LogP contribution in [0.1, 0.15) is 23.2 Å². The monoisotopic (exact) mass is 278 g/mol. The summed E-state index contributed by atoms with van der Waals surface area (Å²) in [6.07, 6.45) is 1.20. The normalized spacial score (nSPS) is 14.9. The van der Waals surface area contributed by atoms with Gasteiger partial charge < -0.3 is 19.6 Å². The van der Waals surface area contributed by atoms with Crippen molar-refractivity contribution >= 4 is 11.6 Å². The quantitative estimate of drug-likeness (QED) is 0.675. The van der Waals surface area contributed by atoms with E-state index >= 15 is 0 Å². The molecule has 1 N–H and O–H groups in total. The molecule has 0 spiro atoms. The number of methoxy groups -OCH3 is 2. The van der Waals surface area contributed by atoms with Gasteiger partial charge in [-0.25, -0.2) is 0 Å². The average molecular weight is 278 g/mol. The van der Waals surface area contributed by atoms with Crippen molar-refractivity contribution in [1.82, 2.24) is 4.90 Å². The Hall–Kier alpha value is -2.24. The van der Waals surface area contributed by atoms with Gasteiger partial charge in [0.15, 0.2) is 0 Å². The van der Waals surface area contributed by atoms with Gasteiger partial charge in [0.1, 0.15) is 11.5 Å². The molecule has 1 aromatic rings. The lowest BCUT2D eigenvalue weighted by molar-refractivity contribution is 0.0750. The molecule has 1 heterocycles. The summed E-state index contributed by atoms with van der Waals surface area (Å²) in [5.41, 5.74) is 1.24. The number of carbonyl (C=O) groups is 1. The molecule has 0 unspecified atom stereocenters. The first-order chi connectivity index (χ1) is 9.69. The van der Waals surface area contributed by atoms with E-state index in [4.69, 9.17) is 14.7 Å². The highest BCUT2D eigenvalue weighted by molar-refractivity contribution is 5.98. The van der Waals surface area contributed by atoms with E-state index in [1.807, 2.05) is 0 Å². The van der Waals surface area contributed by atoms with Crippen molar-refractivity contribution in [2.24, 2.45) is 5.16 Å². The second-order valence-electron chi connectivity index (χ2n) is 4.52. The highest BCUT2D eigenvalue weighted by Gasteiger charge is 2.23. The van der Waals surface area contributed by atoms with E-state index in [2.05, 4.69) is 5.16 Å². The number of hydrogen-bond donors (Lipinski definition) is 1. The van der Waals surface area contributed by atoms with Gasteiger partial charge in [-0.15, -0.1) is 0 Å². The average Bonchev–Trinajstić information content (AvgIpc) is 2.53. The summed E-state index contributed by atoms with van der Waals surface area (Å²) in [4.78, 5) is 14.2. The SMILES string of the molecule is COc1ccc(C(=O)N2CCC(=NO)CC2)c(OC)c1. The van der Waals surface area contributed by atoms with Gasteiger partial charge in [-0.2, -0.15) is 0 Å². The first-order valence-corrected chi connectivity index (χ1v) is 6.40. The number of piperidine rings is 1. The van der Waals surface area contributed by atoms with Crippen LogP contribution in [0.4, 0.5) is 0 Å². The number of ether oxygens (including phenoxy) is 2. The number of rotatable bonds is 3. The summed E-state index contributed by atoms with van der Waals surface area (Å²) in [7, 11) is 3.09. The first-order valence-electron chi connectivity index (χ1n) is 6.40. The minimum Gasteiger partial charge on any atom is -0.497 e. The Bertz CT molecular complexity index is 518. The van der Waals surface area contributed by atoms with Crippen LogP contribution in [-0.4, -0.2) is 49.0 Å². The molecule has 1 saturated heterocycles. The van der Waals surface area contributed by atoms with E-state index in [1.54, 1.807) is 30.2 Å². The minimum absolute atomic E-state index is 0.0820. The van der Waals surface area contributed by atoms with Crippen LogP contribution in [-0.2, 0) is 0 Å². The maximum atomic E-state index is 12.5. The molecule has 0 radical (unpaired) electrons. The molecule has 6 nitrogen and oxygen atoms in total. The van der Waals surface area contributed by atoms with Crippen molar-refractivity contribution in [3.8, 4) is 11.5 Å². The van der Waals surface area contributed by atoms with Crippen molar-refractivity contribution in [2.45, 2.75) is 12.8 Å². The molecule has 2 rings (SSSR count). The van der Waals surface area contributed by atoms with Crippen LogP contribution in [0, 0.1) is 0 Å². The van der Waals surface area contributed by atoms with Gasteiger partial charge in [-0.1, -0.05) is 5.16 Å². The lowest BCUT2D eigenvalue weighted by Crippen LogP contribution is -2.38. The van der Waals surface area contributed by atoms with Crippen molar-refractivity contribution in [3.63, 3.8) is 0 Å². The van der Waals surface area contributed by atoms with E-state index in [-0.39, 0.29) is 5.91 Å². The van der Waals surface area contributed by atoms with Crippen LogP contribution >= 0.6 is 0 Å². The number of amides is 1. The van der Waals surface area contributed by atoms with Crippen molar-refractivity contribution in [1.29, 1.82) is 0 Å². The van der Waals surface area contributed by atoms with E-state index < -0.39 is 0 Å². The first kappa shape index (κ1) is 14.2. The molecule has 108 valence electrons. The Balaban J connectivity index is 2.17. The number of benzene rings is 1. The van der Waals surface area contributed by atoms with Crippen LogP contribution in [0.2, 0.25) is 0 Å². The van der Waals surface area contributed by atoms with Crippen molar-refractivity contribution < 1.29 is 19.5 Å². The fourth-order valence-electron chi connectivity index (χ4n) is 2.21. The molecule has 1 amide bonds. The Morgan fingerprint density at radius 2 is 1.95 bits per heavy atom. The zero-order chi connectivity index (χ0) is 14.5. The predicted octanol–water partition coefficient (Wildman–Crippen LogP) is 1.77. The van der Waals surface area contributed by atoms with Gasteiger partial charge in [0.25, 0.3) is 5.91 Å². The molecule has 1 aliphatic heterocycles. The Labute approximate surface area is 117 Å². The largest absolute Gasteiger partial charge is 0.497 e. The molecule has 0 atom stereocenters. The zero-order valence-electron chi connectivity index (χ0n) is 11.6. The summed E-state index contributed by atoms with van der Waals surface area (Å²) in [5.74, 6) is 1.06. The maximum Gasteiger partial charge on any atom is 0.257 e. The van der Waals surface area contributed by atoms with Gasteiger partial charge in [-0.05, 0) is 12.1 Å². The van der Waals surface area contributed by atoms with Crippen LogP contribution in [0.3, 0.4) is 0 Å². The third kappa shape index (κ3) is 2.84. The second kappa shape index (κ2) is 6.27. The van der Waals surface area contributed by atoms with E-state index in [0.29, 0.717) is 43.0 Å². The summed E-state index contributed by atoms with van der Waals surface area (Å²) in [6.45, 7) is 1.10. The summed E-state index contributed by atoms with van der Waals surface area (Å²) in [6, 6.07) is 5.13. The number of hydrogen-bond acceptors (Lipinski definition) is 5. The summed E-state index contributed by atoms with van der Waals surface area (Å²) in [5, 5.41) is 11.9. The molecule has 0 saturated carbocycles. The van der Waals surface area contributed by atoms with Gasteiger partial charge in [-0.3, -0.25) is 4.79 Å². The van der Waals surface area contributed by atoms with E-state index in [0.717, 1.165) is 5.71 Å². The van der Waals surface area contributed by atoms with Crippen molar-refractivity contribution in [3.05, 3.63) is 23.8 Å². The van der Waals surface area contributed by atoms with E-state index in [1.165, 1.54) is 7.11 Å². The van der Waals surface area contributed by atoms with E-state index in [9.17, 15) is 4.79 Å². The van der Waals surface area contributed by atoms with Crippen LogP contribution < -0.4 is 9.47 Å². The third-order valence-corrected chi connectivity index (χ3v) is 3.41. The lowest BCUT2D eigenvalue weighted by Gasteiger charge is -2.27. The fraction of sp³-hybridized carbons (Fsp3) is 0.429. The molecule has 1 aromatic carbocycles. The summed E-state index contributed by atoms with van der Waals surface area (Å²) < 4.78 is 10.4. The smallest absolute Gasteiger partial charge is 0.257 e. The topological polar surface area (TPSA) is 71.4 Å². The predicted molar refractivity (Wildman–Crippen MR) is 73.9 cm³/mol. The molecule has 0 aromatic heterocycles. The number of oxime groups is 1. The Morgan fingerprint density at radius 1 is 1.25 bits per heavy atom. The van der Waals surface area contributed by atoms with Crippen LogP contribution in [0.25, 0.3) is 0 Å². The standard InChI is InChI=1S/C14H18N2O4/c1-19-11-3-4-12(13(9-11)20-2)14(17)16-7-5-10(15-18)6-8-16/h3-4,9,18H,5-8H2,1-2H3. The Kier molecular flexibility index (Phi) is 4.45. The highest BCUT2D eigenvalue weighted by Crippen LogP contribution is 2.26. The molecule has 1 fully saturated rings. The van der Waals surface area contributed by atoms with Gasteiger partial charge in [0, 0.05) is 32.0 Å². The fourth-order valence-corrected chi connectivity index (χ4v) is 2.21. The van der Waals surface area contributed by atoms with Crippen LogP contribution in [0.5, 0.6) is 11.5 Å². The van der Waals surface area contributed by atoms with Crippen molar-refractivity contribution in [2.75, 3.05) is 27.3 Å². The molecule has 0 aliphatic carbocycles. The van der Waals surface area contributed by atoms with Gasteiger partial charge in [0.05, 0.1) is 25.5 Å². The zero-order valence-corrected chi connectivity index (χ0v) is 11.6. The third-order valence-electron chi connectivity index (χ3n) is 3.41. The Morgan fingerprint density at radius 3 is 2.50 bits per heavy atom. The van der Waals surface area contributed by atoms with Crippen LogP contribution in [0.15, 0.2) is 23.4 Å². The number of carbonyl (C=O) groups excluding carboxylic acids is 1. The van der Waals surface area contributed by atoms with Gasteiger partial charge >= 0.3 is 0 Å². The number of nitrogens with zero attached hydrogens (tertiary/aromatic N) is 2. The molecule has 20 heavy (non-hydrogen) atoms. The maximum absolute atomic E-state index is 12.5. The second-order valence-corrected chi connectivity index (χ2v) is 4.52. The molecule has 1 aliphatic rings. The number of likely N-dealkylation sites (tertiary alicyclic amines) is 1. The highest BCUT2D eigenvalue weighted by atomic mass is 16.5. The lowest BCUT2D eigenvalue weighted by atomic mass is 10.1. The summed E-state index contributed by atoms with van der Waals surface area (Å²) >= 11 is 0. The molecular weight excluding hydrogens is 260 g/mol. The molecular formula is C14H18N2O4.